The van der Waals surface area contributed by atoms with Gasteiger partial charge in [-0.05, 0) is 30.5 Å². The van der Waals surface area contributed by atoms with Gasteiger partial charge in [-0.3, -0.25) is 9.88 Å². The van der Waals surface area contributed by atoms with Gasteiger partial charge in [-0.1, -0.05) is 24.3 Å². The van der Waals surface area contributed by atoms with Crippen molar-refractivity contribution in [3.8, 4) is 5.75 Å². The van der Waals surface area contributed by atoms with Gasteiger partial charge in [-0.2, -0.15) is 0 Å². The molecule has 0 N–H and O–H groups in total. The lowest BCUT2D eigenvalue weighted by molar-refractivity contribution is 0.0676. The smallest absolute Gasteiger partial charge is 0.123 e. The van der Waals surface area contributed by atoms with E-state index in [2.05, 4.69) is 28.1 Å². The maximum Gasteiger partial charge on any atom is 0.123 e. The van der Waals surface area contributed by atoms with Gasteiger partial charge in [0.2, 0.25) is 0 Å². The van der Waals surface area contributed by atoms with Crippen molar-refractivity contribution in [2.75, 3.05) is 20.3 Å². The Labute approximate surface area is 138 Å². The molecule has 4 heteroatoms. The lowest BCUT2D eigenvalue weighted by atomic mass is 10.1. The molecule has 2 heterocycles. The van der Waals surface area contributed by atoms with Crippen LogP contribution in [0.1, 0.15) is 24.0 Å². The van der Waals surface area contributed by atoms with Gasteiger partial charge in [-0.25, -0.2) is 0 Å². The molecule has 3 rings (SSSR count). The highest BCUT2D eigenvalue weighted by Crippen LogP contribution is 2.22. The Bertz CT molecular complexity index is 597. The summed E-state index contributed by atoms with van der Waals surface area (Å²) in [6, 6.07) is 12.3. The summed E-state index contributed by atoms with van der Waals surface area (Å²) in [6.07, 6.45) is 6.40. The standard InChI is InChI=1S/C19H24N2O2/c1-22-19-9-3-2-7-17(19)14-21(15-18-8-5-11-23-18)13-16-6-4-10-20-12-16/h2-4,6-7,9-10,12,18H,5,8,11,13-15H2,1H3/t18-/m1/s1. The van der Waals surface area contributed by atoms with E-state index < -0.39 is 0 Å². The highest BCUT2D eigenvalue weighted by atomic mass is 16.5. The topological polar surface area (TPSA) is 34.6 Å². The molecule has 2 aromatic rings. The predicted octanol–water partition coefficient (Wildman–Crippen LogP) is 3.27. The summed E-state index contributed by atoms with van der Waals surface area (Å²) in [6.45, 7) is 3.54. The zero-order valence-corrected chi connectivity index (χ0v) is 13.6. The number of hydrogen-bond acceptors (Lipinski definition) is 4. The van der Waals surface area contributed by atoms with E-state index in [0.29, 0.717) is 6.10 Å². The van der Waals surface area contributed by atoms with E-state index in [-0.39, 0.29) is 0 Å². The molecule has 1 saturated heterocycles. The van der Waals surface area contributed by atoms with E-state index in [1.165, 1.54) is 17.5 Å². The molecule has 0 spiro atoms. The van der Waals surface area contributed by atoms with Gasteiger partial charge in [0.25, 0.3) is 0 Å². The first kappa shape index (κ1) is 16.0. The van der Waals surface area contributed by atoms with Crippen LogP contribution in [0.2, 0.25) is 0 Å². The van der Waals surface area contributed by atoms with Gasteiger partial charge in [0.05, 0.1) is 13.2 Å². The molecule has 1 aliphatic rings. The van der Waals surface area contributed by atoms with Crippen molar-refractivity contribution >= 4 is 0 Å². The average molecular weight is 312 g/mol. The number of pyridine rings is 1. The number of para-hydroxylation sites is 1. The van der Waals surface area contributed by atoms with Gasteiger partial charge in [-0.15, -0.1) is 0 Å². The quantitative estimate of drug-likeness (QED) is 0.786. The Morgan fingerprint density at radius 2 is 2.13 bits per heavy atom. The van der Waals surface area contributed by atoms with Crippen molar-refractivity contribution in [3.63, 3.8) is 0 Å². The Morgan fingerprint density at radius 3 is 2.87 bits per heavy atom. The minimum Gasteiger partial charge on any atom is -0.496 e. The van der Waals surface area contributed by atoms with Crippen LogP contribution in [0.5, 0.6) is 5.75 Å². The Hall–Kier alpha value is -1.91. The Morgan fingerprint density at radius 1 is 1.22 bits per heavy atom. The van der Waals surface area contributed by atoms with Crippen LogP contribution >= 0.6 is 0 Å². The molecule has 0 radical (unpaired) electrons. The summed E-state index contributed by atoms with van der Waals surface area (Å²) in [7, 11) is 1.73. The second kappa shape index (κ2) is 8.09. The van der Waals surface area contributed by atoms with Crippen LogP contribution < -0.4 is 4.74 Å². The van der Waals surface area contributed by atoms with Crippen LogP contribution in [0.25, 0.3) is 0 Å². The third kappa shape index (κ3) is 4.53. The van der Waals surface area contributed by atoms with Crippen molar-refractivity contribution in [3.05, 3.63) is 59.9 Å². The van der Waals surface area contributed by atoms with E-state index in [0.717, 1.165) is 38.4 Å². The largest absolute Gasteiger partial charge is 0.496 e. The van der Waals surface area contributed by atoms with Crippen LogP contribution in [0.4, 0.5) is 0 Å². The highest BCUT2D eigenvalue weighted by molar-refractivity contribution is 5.33. The van der Waals surface area contributed by atoms with E-state index in [9.17, 15) is 0 Å². The summed E-state index contributed by atoms with van der Waals surface area (Å²) in [5, 5.41) is 0. The number of nitrogens with zero attached hydrogens (tertiary/aromatic N) is 2. The summed E-state index contributed by atoms with van der Waals surface area (Å²) >= 11 is 0. The van der Waals surface area contributed by atoms with E-state index >= 15 is 0 Å². The average Bonchev–Trinajstić information content (AvgIpc) is 3.09. The van der Waals surface area contributed by atoms with E-state index in [1.54, 1.807) is 7.11 Å². The molecule has 23 heavy (non-hydrogen) atoms. The van der Waals surface area contributed by atoms with Crippen LogP contribution in [-0.4, -0.2) is 36.2 Å². The zero-order chi connectivity index (χ0) is 15.9. The molecule has 0 amide bonds. The molecule has 0 unspecified atom stereocenters. The second-order valence-corrected chi connectivity index (χ2v) is 5.98. The second-order valence-electron chi connectivity index (χ2n) is 5.98. The number of benzene rings is 1. The summed E-state index contributed by atoms with van der Waals surface area (Å²) in [4.78, 5) is 6.65. The van der Waals surface area contributed by atoms with Gasteiger partial charge in [0, 0.05) is 44.2 Å². The van der Waals surface area contributed by atoms with Gasteiger partial charge in [0.15, 0.2) is 0 Å². The normalized spacial score (nSPS) is 17.6. The minimum atomic E-state index is 0.335. The Balaban J connectivity index is 1.73. The lowest BCUT2D eigenvalue weighted by Crippen LogP contribution is -2.31. The fraction of sp³-hybridized carbons (Fsp3) is 0.421. The first-order chi connectivity index (χ1) is 11.3. The van der Waals surface area contributed by atoms with Crippen molar-refractivity contribution in [1.29, 1.82) is 0 Å². The number of ether oxygens (including phenoxy) is 2. The molecule has 1 aromatic heterocycles. The molecular weight excluding hydrogens is 288 g/mol. The molecule has 1 aromatic carbocycles. The van der Waals surface area contributed by atoms with Crippen LogP contribution in [0, 0.1) is 0 Å². The summed E-state index contributed by atoms with van der Waals surface area (Å²) in [5.41, 5.74) is 2.43. The first-order valence-corrected chi connectivity index (χ1v) is 8.20. The molecule has 122 valence electrons. The van der Waals surface area contributed by atoms with E-state index in [1.807, 2.05) is 30.6 Å². The SMILES string of the molecule is COc1ccccc1CN(Cc1cccnc1)C[C@H]1CCCO1. The molecule has 1 fully saturated rings. The first-order valence-electron chi connectivity index (χ1n) is 8.20. The van der Waals surface area contributed by atoms with Crippen LogP contribution in [-0.2, 0) is 17.8 Å². The van der Waals surface area contributed by atoms with Crippen molar-refractivity contribution in [1.82, 2.24) is 9.88 Å². The fourth-order valence-corrected chi connectivity index (χ4v) is 3.09. The highest BCUT2D eigenvalue weighted by Gasteiger charge is 2.20. The van der Waals surface area contributed by atoms with Crippen LogP contribution in [0.15, 0.2) is 48.8 Å². The van der Waals surface area contributed by atoms with Gasteiger partial charge >= 0.3 is 0 Å². The molecule has 0 saturated carbocycles. The predicted molar refractivity (Wildman–Crippen MR) is 90.3 cm³/mol. The zero-order valence-electron chi connectivity index (χ0n) is 13.6. The molecule has 4 nitrogen and oxygen atoms in total. The van der Waals surface area contributed by atoms with Gasteiger partial charge < -0.3 is 9.47 Å². The maximum atomic E-state index is 5.83. The van der Waals surface area contributed by atoms with Gasteiger partial charge in [0.1, 0.15) is 5.75 Å². The molecule has 0 aliphatic carbocycles. The molecule has 1 aliphatic heterocycles. The maximum absolute atomic E-state index is 5.83. The Kier molecular flexibility index (Phi) is 5.61. The summed E-state index contributed by atoms with van der Waals surface area (Å²) < 4.78 is 11.3. The fourth-order valence-electron chi connectivity index (χ4n) is 3.09. The monoisotopic (exact) mass is 312 g/mol. The number of aromatic nitrogens is 1. The number of hydrogen-bond donors (Lipinski definition) is 0. The number of rotatable bonds is 7. The minimum absolute atomic E-state index is 0.335. The van der Waals surface area contributed by atoms with Crippen LogP contribution in [0.3, 0.4) is 0 Å². The summed E-state index contributed by atoms with van der Waals surface area (Å²) in [5.74, 6) is 0.941. The van der Waals surface area contributed by atoms with E-state index in [4.69, 9.17) is 9.47 Å². The lowest BCUT2D eigenvalue weighted by Gasteiger charge is -2.26. The third-order valence-corrected chi connectivity index (χ3v) is 4.20. The third-order valence-electron chi connectivity index (χ3n) is 4.20. The molecule has 0 bridgehead atoms. The van der Waals surface area contributed by atoms with Crippen molar-refractivity contribution < 1.29 is 9.47 Å². The van der Waals surface area contributed by atoms with Crippen molar-refractivity contribution in [2.24, 2.45) is 0 Å². The number of methoxy groups -OCH3 is 1. The molecule has 1 atom stereocenters. The molecular formula is C19H24N2O2. The van der Waals surface area contributed by atoms with Crippen molar-refractivity contribution in [2.45, 2.75) is 32.0 Å².